The van der Waals surface area contributed by atoms with Gasteiger partial charge >= 0.3 is 6.55 Å². The van der Waals surface area contributed by atoms with Crippen molar-refractivity contribution in [2.24, 2.45) is 0 Å². The van der Waals surface area contributed by atoms with E-state index in [1.165, 1.54) is 12.4 Å². The van der Waals surface area contributed by atoms with Gasteiger partial charge in [0, 0.05) is 23.0 Å². The Morgan fingerprint density at radius 2 is 2.00 bits per heavy atom. The smallest absolute Gasteiger partial charge is 0.333 e. The molecule has 0 radical (unpaired) electrons. The van der Waals surface area contributed by atoms with Gasteiger partial charge in [0.25, 0.3) is 0 Å². The number of nitrogen functional groups attached to an aromatic ring is 1. The molecule has 78 valence electrons. The Morgan fingerprint density at radius 3 is 2.60 bits per heavy atom. The summed E-state index contributed by atoms with van der Waals surface area (Å²) in [5, 5.41) is 3.54. The molecule has 1 aromatic heterocycles. The number of anilines is 1. The summed E-state index contributed by atoms with van der Waals surface area (Å²) in [4.78, 5) is 0. The van der Waals surface area contributed by atoms with Crippen molar-refractivity contribution in [1.29, 1.82) is 0 Å². The standard InChI is InChI=1S/C10H9F2N3/c11-10(12)15-6-7(5-14-15)8-3-1-2-4-9(8)13/h1-6,10H,13H2. The van der Waals surface area contributed by atoms with Crippen LogP contribution < -0.4 is 5.73 Å². The molecule has 0 amide bonds. The van der Waals surface area contributed by atoms with Crippen LogP contribution in [0.2, 0.25) is 0 Å². The predicted octanol–water partition coefficient (Wildman–Crippen LogP) is 2.53. The van der Waals surface area contributed by atoms with Crippen molar-refractivity contribution >= 4 is 5.69 Å². The van der Waals surface area contributed by atoms with Crippen LogP contribution in [0.15, 0.2) is 36.7 Å². The van der Waals surface area contributed by atoms with Crippen LogP contribution in [-0.2, 0) is 0 Å². The first kappa shape index (κ1) is 9.64. The third-order valence-corrected chi connectivity index (χ3v) is 2.07. The zero-order chi connectivity index (χ0) is 10.8. The van der Waals surface area contributed by atoms with Crippen LogP contribution in [0.5, 0.6) is 0 Å². The molecule has 5 heteroatoms. The van der Waals surface area contributed by atoms with E-state index >= 15 is 0 Å². The largest absolute Gasteiger partial charge is 0.398 e. The molecule has 2 N–H and O–H groups in total. The van der Waals surface area contributed by atoms with Gasteiger partial charge in [-0.1, -0.05) is 18.2 Å². The van der Waals surface area contributed by atoms with E-state index in [0.29, 0.717) is 21.5 Å². The van der Waals surface area contributed by atoms with Gasteiger partial charge in [-0.3, -0.25) is 0 Å². The molecule has 0 bridgehead atoms. The average molecular weight is 209 g/mol. The van der Waals surface area contributed by atoms with Gasteiger partial charge in [0.15, 0.2) is 0 Å². The van der Waals surface area contributed by atoms with Gasteiger partial charge < -0.3 is 5.73 Å². The zero-order valence-corrected chi connectivity index (χ0v) is 7.77. The fourth-order valence-corrected chi connectivity index (χ4v) is 1.34. The van der Waals surface area contributed by atoms with Crippen molar-refractivity contribution in [1.82, 2.24) is 9.78 Å². The second kappa shape index (κ2) is 3.68. The van der Waals surface area contributed by atoms with Gasteiger partial charge in [-0.15, -0.1) is 0 Å². The molecule has 0 aliphatic rings. The highest BCUT2D eigenvalue weighted by atomic mass is 19.3. The number of alkyl halides is 2. The molecule has 1 heterocycles. The van der Waals surface area contributed by atoms with E-state index in [1.807, 2.05) is 0 Å². The molecule has 0 spiro atoms. The molecule has 0 unspecified atom stereocenters. The summed E-state index contributed by atoms with van der Waals surface area (Å²) >= 11 is 0. The van der Waals surface area contributed by atoms with Crippen LogP contribution in [-0.4, -0.2) is 9.78 Å². The number of hydrogen-bond donors (Lipinski definition) is 1. The highest BCUT2D eigenvalue weighted by molar-refractivity contribution is 5.75. The van der Waals surface area contributed by atoms with Crippen molar-refractivity contribution < 1.29 is 8.78 Å². The predicted molar refractivity (Wildman–Crippen MR) is 53.3 cm³/mol. The lowest BCUT2D eigenvalue weighted by atomic mass is 10.1. The van der Waals surface area contributed by atoms with Crippen LogP contribution >= 0.6 is 0 Å². The van der Waals surface area contributed by atoms with E-state index in [1.54, 1.807) is 24.3 Å². The Bertz CT molecular complexity index is 465. The number of nitrogens with zero attached hydrogens (tertiary/aromatic N) is 2. The quantitative estimate of drug-likeness (QED) is 0.772. The van der Waals surface area contributed by atoms with E-state index in [4.69, 9.17) is 5.73 Å². The van der Waals surface area contributed by atoms with Gasteiger partial charge in [-0.2, -0.15) is 13.9 Å². The minimum Gasteiger partial charge on any atom is -0.398 e. The minimum atomic E-state index is -2.62. The van der Waals surface area contributed by atoms with E-state index in [2.05, 4.69) is 5.10 Å². The fraction of sp³-hybridized carbons (Fsp3) is 0.100. The van der Waals surface area contributed by atoms with Crippen molar-refractivity contribution in [3.63, 3.8) is 0 Å². The second-order valence-corrected chi connectivity index (χ2v) is 3.07. The summed E-state index contributed by atoms with van der Waals surface area (Å²) in [6, 6.07) is 7.07. The minimum absolute atomic E-state index is 0.548. The Balaban J connectivity index is 2.42. The normalized spacial score (nSPS) is 10.9. The lowest BCUT2D eigenvalue weighted by molar-refractivity contribution is 0.0566. The summed E-state index contributed by atoms with van der Waals surface area (Å²) in [6.45, 7) is -2.62. The maximum absolute atomic E-state index is 12.3. The molecule has 3 nitrogen and oxygen atoms in total. The Morgan fingerprint density at radius 1 is 1.27 bits per heavy atom. The summed E-state index contributed by atoms with van der Waals surface area (Å²) in [6.07, 6.45) is 2.65. The lowest BCUT2D eigenvalue weighted by Gasteiger charge is -2.01. The van der Waals surface area contributed by atoms with E-state index in [9.17, 15) is 8.78 Å². The maximum Gasteiger partial charge on any atom is 0.333 e. The molecule has 2 rings (SSSR count). The monoisotopic (exact) mass is 209 g/mol. The molecule has 2 aromatic rings. The number of halogens is 2. The Hall–Kier alpha value is -1.91. The van der Waals surface area contributed by atoms with Gasteiger partial charge in [-0.05, 0) is 6.07 Å². The van der Waals surface area contributed by atoms with Gasteiger partial charge in [-0.25, -0.2) is 4.68 Å². The van der Waals surface area contributed by atoms with Crippen molar-refractivity contribution in [2.45, 2.75) is 6.55 Å². The SMILES string of the molecule is Nc1ccccc1-c1cnn(C(F)F)c1. The summed E-state index contributed by atoms with van der Waals surface area (Å²) < 4.78 is 25.1. The molecule has 1 aromatic carbocycles. The van der Waals surface area contributed by atoms with Crippen LogP contribution in [0.4, 0.5) is 14.5 Å². The van der Waals surface area contributed by atoms with Crippen LogP contribution in [0.25, 0.3) is 11.1 Å². The van der Waals surface area contributed by atoms with E-state index < -0.39 is 6.55 Å². The van der Waals surface area contributed by atoms with Crippen LogP contribution in [0, 0.1) is 0 Å². The fourth-order valence-electron chi connectivity index (χ4n) is 1.34. The van der Waals surface area contributed by atoms with Gasteiger partial charge in [0.1, 0.15) is 0 Å². The molecule has 0 aliphatic carbocycles. The van der Waals surface area contributed by atoms with Crippen molar-refractivity contribution in [2.75, 3.05) is 5.73 Å². The highest BCUT2D eigenvalue weighted by Gasteiger charge is 2.09. The molecule has 0 aliphatic heterocycles. The molecule has 0 saturated carbocycles. The van der Waals surface area contributed by atoms with E-state index in [0.717, 1.165) is 0 Å². The summed E-state index contributed by atoms with van der Waals surface area (Å²) in [7, 11) is 0. The van der Waals surface area contributed by atoms with Crippen LogP contribution in [0.3, 0.4) is 0 Å². The third-order valence-electron chi connectivity index (χ3n) is 2.07. The summed E-state index contributed by atoms with van der Waals surface area (Å²) in [5.41, 5.74) is 7.56. The maximum atomic E-state index is 12.3. The van der Waals surface area contributed by atoms with Crippen LogP contribution in [0.1, 0.15) is 6.55 Å². The highest BCUT2D eigenvalue weighted by Crippen LogP contribution is 2.25. The summed E-state index contributed by atoms with van der Waals surface area (Å²) in [5.74, 6) is 0. The first-order valence-corrected chi connectivity index (χ1v) is 4.35. The molecular formula is C10H9F2N3. The number of nitrogens with two attached hydrogens (primary N) is 1. The number of hydrogen-bond acceptors (Lipinski definition) is 2. The zero-order valence-electron chi connectivity index (χ0n) is 7.77. The molecule has 0 atom stereocenters. The third kappa shape index (κ3) is 1.81. The number of benzene rings is 1. The van der Waals surface area contributed by atoms with E-state index in [-0.39, 0.29) is 0 Å². The number of aromatic nitrogens is 2. The number of para-hydroxylation sites is 1. The van der Waals surface area contributed by atoms with Gasteiger partial charge in [0.2, 0.25) is 0 Å². The second-order valence-electron chi connectivity index (χ2n) is 3.07. The molecule has 0 fully saturated rings. The Labute approximate surface area is 85.1 Å². The van der Waals surface area contributed by atoms with Crippen molar-refractivity contribution in [3.05, 3.63) is 36.7 Å². The topological polar surface area (TPSA) is 43.8 Å². The Kier molecular flexibility index (Phi) is 2.37. The van der Waals surface area contributed by atoms with Crippen molar-refractivity contribution in [3.8, 4) is 11.1 Å². The van der Waals surface area contributed by atoms with Gasteiger partial charge in [0.05, 0.1) is 6.20 Å². The first-order valence-electron chi connectivity index (χ1n) is 4.35. The number of rotatable bonds is 2. The molecular weight excluding hydrogens is 200 g/mol. The molecule has 0 saturated heterocycles. The first-order chi connectivity index (χ1) is 7.18. The molecule has 15 heavy (non-hydrogen) atoms. The average Bonchev–Trinajstić information content (AvgIpc) is 2.67. The lowest BCUT2D eigenvalue weighted by Crippen LogP contribution is -1.96.